The second-order valence-electron chi connectivity index (χ2n) is 4.04. The Kier molecular flexibility index (Phi) is 4.67. The van der Waals surface area contributed by atoms with E-state index in [-0.39, 0.29) is 18.2 Å². The van der Waals surface area contributed by atoms with Gasteiger partial charge in [-0.2, -0.15) is 5.10 Å². The molecule has 0 saturated carbocycles. The van der Waals surface area contributed by atoms with Crippen LogP contribution in [0.3, 0.4) is 0 Å². The fourth-order valence-corrected chi connectivity index (χ4v) is 1.66. The number of amides is 1. The van der Waals surface area contributed by atoms with Gasteiger partial charge < -0.3 is 14.8 Å². The smallest absolute Gasteiger partial charge is 0.359 e. The quantitative estimate of drug-likeness (QED) is 0.592. The third-order valence-corrected chi connectivity index (χ3v) is 2.63. The molecule has 0 aliphatic heterocycles. The fourth-order valence-electron chi connectivity index (χ4n) is 1.66. The van der Waals surface area contributed by atoms with Crippen LogP contribution in [-0.4, -0.2) is 48.9 Å². The van der Waals surface area contributed by atoms with Crippen molar-refractivity contribution in [3.63, 3.8) is 0 Å². The van der Waals surface area contributed by atoms with E-state index in [0.29, 0.717) is 18.5 Å². The number of para-hydroxylation sites is 1. The summed E-state index contributed by atoms with van der Waals surface area (Å²) in [5, 5.41) is 9.84. The van der Waals surface area contributed by atoms with E-state index < -0.39 is 5.97 Å². The lowest BCUT2D eigenvalue weighted by atomic mass is 10.2. The lowest BCUT2D eigenvalue weighted by Gasteiger charge is -2.05. The molecule has 106 valence electrons. The molecule has 0 atom stereocenters. The summed E-state index contributed by atoms with van der Waals surface area (Å²) in [4.78, 5) is 23.2. The first kappa shape index (κ1) is 14.0. The van der Waals surface area contributed by atoms with Crippen molar-refractivity contribution in [2.75, 3.05) is 26.9 Å². The summed E-state index contributed by atoms with van der Waals surface area (Å²) < 4.78 is 9.70. The number of carbonyl (C=O) groups excluding carboxylic acids is 2. The van der Waals surface area contributed by atoms with Gasteiger partial charge in [-0.25, -0.2) is 4.79 Å². The molecule has 0 spiro atoms. The Balaban J connectivity index is 1.90. The largest absolute Gasteiger partial charge is 0.451 e. The summed E-state index contributed by atoms with van der Waals surface area (Å²) in [6.45, 7) is 0.436. The number of carbonyl (C=O) groups is 2. The van der Waals surface area contributed by atoms with Gasteiger partial charge in [-0.05, 0) is 6.07 Å². The van der Waals surface area contributed by atoms with Crippen LogP contribution >= 0.6 is 0 Å². The van der Waals surface area contributed by atoms with Crippen molar-refractivity contribution in [1.82, 2.24) is 15.5 Å². The number of ether oxygens (including phenoxy) is 2. The van der Waals surface area contributed by atoms with Gasteiger partial charge in [0.25, 0.3) is 5.91 Å². The molecule has 1 amide bonds. The molecule has 20 heavy (non-hydrogen) atoms. The Labute approximate surface area is 115 Å². The standard InChI is InChI=1S/C13H15N3O4/c1-19-7-6-14-11(17)8-20-13(18)12-9-4-2-3-5-10(9)15-16-12/h2-5H,6-8H2,1H3,(H,14,17)(H,15,16). The molecule has 1 heterocycles. The normalized spacial score (nSPS) is 10.4. The SMILES string of the molecule is COCCNC(=O)COC(=O)c1n[nH]c2ccccc12. The molecule has 0 radical (unpaired) electrons. The summed E-state index contributed by atoms with van der Waals surface area (Å²) in [7, 11) is 1.54. The summed E-state index contributed by atoms with van der Waals surface area (Å²) in [6.07, 6.45) is 0. The number of benzene rings is 1. The van der Waals surface area contributed by atoms with E-state index in [4.69, 9.17) is 9.47 Å². The molecule has 0 saturated heterocycles. The Hall–Kier alpha value is -2.41. The predicted molar refractivity (Wildman–Crippen MR) is 71.3 cm³/mol. The van der Waals surface area contributed by atoms with Gasteiger partial charge in [-0.3, -0.25) is 9.89 Å². The maximum Gasteiger partial charge on any atom is 0.359 e. The minimum Gasteiger partial charge on any atom is -0.451 e. The summed E-state index contributed by atoms with van der Waals surface area (Å²) in [5.41, 5.74) is 0.911. The zero-order chi connectivity index (χ0) is 14.4. The summed E-state index contributed by atoms with van der Waals surface area (Å²) in [5.74, 6) is -1.01. The first-order valence-corrected chi connectivity index (χ1v) is 6.08. The first-order chi connectivity index (χ1) is 9.72. The third-order valence-electron chi connectivity index (χ3n) is 2.63. The minimum absolute atomic E-state index is 0.172. The van der Waals surface area contributed by atoms with Crippen LogP contribution in [0.5, 0.6) is 0 Å². The molecule has 1 aromatic carbocycles. The van der Waals surface area contributed by atoms with Crippen LogP contribution in [0.4, 0.5) is 0 Å². The molecule has 2 aromatic rings. The first-order valence-electron chi connectivity index (χ1n) is 6.08. The molecule has 7 nitrogen and oxygen atoms in total. The van der Waals surface area contributed by atoms with Crippen molar-refractivity contribution in [3.05, 3.63) is 30.0 Å². The molecule has 0 bridgehead atoms. The van der Waals surface area contributed by atoms with Crippen molar-refractivity contribution in [1.29, 1.82) is 0 Å². The van der Waals surface area contributed by atoms with Gasteiger partial charge in [0, 0.05) is 19.0 Å². The van der Waals surface area contributed by atoms with Crippen molar-refractivity contribution in [2.45, 2.75) is 0 Å². The number of aromatic nitrogens is 2. The Morgan fingerprint density at radius 3 is 2.95 bits per heavy atom. The van der Waals surface area contributed by atoms with E-state index >= 15 is 0 Å². The number of methoxy groups -OCH3 is 1. The van der Waals surface area contributed by atoms with E-state index in [9.17, 15) is 9.59 Å². The molecule has 1 aromatic heterocycles. The number of nitrogens with one attached hydrogen (secondary N) is 2. The molecule has 0 aliphatic carbocycles. The molecule has 2 N–H and O–H groups in total. The van der Waals surface area contributed by atoms with Crippen LogP contribution in [0.2, 0.25) is 0 Å². The summed E-state index contributed by atoms with van der Waals surface area (Å²) in [6, 6.07) is 7.19. The Bertz CT molecular complexity index is 608. The van der Waals surface area contributed by atoms with Gasteiger partial charge in [0.2, 0.25) is 0 Å². The third kappa shape index (κ3) is 3.33. The average Bonchev–Trinajstić information content (AvgIpc) is 2.89. The molecule has 2 rings (SSSR count). The van der Waals surface area contributed by atoms with E-state index in [1.54, 1.807) is 18.2 Å². The number of rotatable bonds is 6. The van der Waals surface area contributed by atoms with Crippen LogP contribution in [-0.2, 0) is 14.3 Å². The zero-order valence-electron chi connectivity index (χ0n) is 11.0. The number of hydrogen-bond donors (Lipinski definition) is 2. The van der Waals surface area contributed by atoms with Gasteiger partial charge in [-0.15, -0.1) is 0 Å². The Morgan fingerprint density at radius 2 is 2.15 bits per heavy atom. The van der Waals surface area contributed by atoms with Crippen LogP contribution in [0, 0.1) is 0 Å². The highest BCUT2D eigenvalue weighted by Gasteiger charge is 2.16. The number of nitrogens with zero attached hydrogens (tertiary/aromatic N) is 1. The average molecular weight is 277 g/mol. The molecule has 7 heteroatoms. The monoisotopic (exact) mass is 277 g/mol. The van der Waals surface area contributed by atoms with Crippen molar-refractivity contribution >= 4 is 22.8 Å². The second kappa shape index (κ2) is 6.67. The van der Waals surface area contributed by atoms with Crippen molar-refractivity contribution in [3.8, 4) is 0 Å². The maximum atomic E-state index is 11.8. The van der Waals surface area contributed by atoms with Crippen molar-refractivity contribution < 1.29 is 19.1 Å². The van der Waals surface area contributed by atoms with E-state index in [2.05, 4.69) is 15.5 Å². The highest BCUT2D eigenvalue weighted by molar-refractivity contribution is 6.02. The van der Waals surface area contributed by atoms with Crippen LogP contribution in [0.15, 0.2) is 24.3 Å². The van der Waals surface area contributed by atoms with E-state index in [0.717, 1.165) is 5.52 Å². The van der Waals surface area contributed by atoms with Crippen LogP contribution < -0.4 is 5.32 Å². The van der Waals surface area contributed by atoms with Crippen molar-refractivity contribution in [2.24, 2.45) is 0 Å². The van der Waals surface area contributed by atoms with Gasteiger partial charge >= 0.3 is 5.97 Å². The Morgan fingerprint density at radius 1 is 1.35 bits per heavy atom. The molecule has 0 unspecified atom stereocenters. The lowest BCUT2D eigenvalue weighted by Crippen LogP contribution is -2.31. The van der Waals surface area contributed by atoms with Gasteiger partial charge in [0.15, 0.2) is 12.3 Å². The number of aromatic amines is 1. The molecular weight excluding hydrogens is 262 g/mol. The van der Waals surface area contributed by atoms with Gasteiger partial charge in [0.1, 0.15) is 0 Å². The highest BCUT2D eigenvalue weighted by atomic mass is 16.5. The summed E-state index contributed by atoms with van der Waals surface area (Å²) >= 11 is 0. The maximum absolute atomic E-state index is 11.8. The molecular formula is C13H15N3O4. The topological polar surface area (TPSA) is 93.3 Å². The van der Waals surface area contributed by atoms with Crippen LogP contribution in [0.25, 0.3) is 10.9 Å². The zero-order valence-corrected chi connectivity index (χ0v) is 11.0. The number of fused-ring (bicyclic) bond motifs is 1. The van der Waals surface area contributed by atoms with Crippen LogP contribution in [0.1, 0.15) is 10.5 Å². The second-order valence-corrected chi connectivity index (χ2v) is 4.04. The number of esters is 1. The van der Waals surface area contributed by atoms with E-state index in [1.807, 2.05) is 6.07 Å². The molecule has 0 fully saturated rings. The minimum atomic E-state index is -0.635. The number of hydrogen-bond acceptors (Lipinski definition) is 5. The van der Waals surface area contributed by atoms with Gasteiger partial charge in [-0.1, -0.05) is 18.2 Å². The number of H-pyrrole nitrogens is 1. The fraction of sp³-hybridized carbons (Fsp3) is 0.308. The molecule has 0 aliphatic rings. The predicted octanol–water partition coefficient (Wildman–Crippen LogP) is 0.482. The lowest BCUT2D eigenvalue weighted by molar-refractivity contribution is -0.124. The van der Waals surface area contributed by atoms with Gasteiger partial charge in [0.05, 0.1) is 12.1 Å². The van der Waals surface area contributed by atoms with E-state index in [1.165, 1.54) is 7.11 Å². The highest BCUT2D eigenvalue weighted by Crippen LogP contribution is 2.15.